The smallest absolute Gasteiger partial charge is 0.221 e. The first-order valence-corrected chi connectivity index (χ1v) is 6.28. The van der Waals surface area contributed by atoms with Crippen molar-refractivity contribution in [2.75, 3.05) is 32.9 Å². The van der Waals surface area contributed by atoms with Crippen LogP contribution in [0, 0.1) is 5.41 Å². The predicted octanol–water partition coefficient (Wildman–Crippen LogP) is -0.582. The monoisotopic (exact) mass is 258 g/mol. The third kappa shape index (κ3) is 5.01. The molecule has 1 heterocycles. The zero-order valence-corrected chi connectivity index (χ0v) is 10.8. The highest BCUT2D eigenvalue weighted by Gasteiger charge is 2.32. The van der Waals surface area contributed by atoms with Crippen molar-refractivity contribution in [3.05, 3.63) is 0 Å². The Morgan fingerprint density at radius 3 is 2.50 bits per heavy atom. The zero-order chi connectivity index (χ0) is 13.4. The van der Waals surface area contributed by atoms with Crippen molar-refractivity contribution in [2.45, 2.75) is 26.2 Å². The maximum atomic E-state index is 11.6. The third-order valence-corrected chi connectivity index (χ3v) is 3.28. The number of ether oxygens (including phenoxy) is 1. The molecule has 3 N–H and O–H groups in total. The van der Waals surface area contributed by atoms with Gasteiger partial charge in [-0.05, 0) is 12.8 Å². The van der Waals surface area contributed by atoms with Gasteiger partial charge >= 0.3 is 0 Å². The van der Waals surface area contributed by atoms with E-state index in [0.29, 0.717) is 26.3 Å². The van der Waals surface area contributed by atoms with Crippen LogP contribution in [0.5, 0.6) is 0 Å². The highest BCUT2D eigenvalue weighted by Crippen LogP contribution is 2.28. The van der Waals surface area contributed by atoms with Gasteiger partial charge in [-0.15, -0.1) is 0 Å². The summed E-state index contributed by atoms with van der Waals surface area (Å²) < 4.78 is 5.25. The van der Waals surface area contributed by atoms with Gasteiger partial charge in [0, 0.05) is 45.1 Å². The standard InChI is InChI=1S/C12H22N2O4/c1-10(16)13-5-2-11(17)14-8-12(9-15)3-6-18-7-4-12/h15H,2-9H2,1H3,(H,13,16)(H,14,17). The minimum Gasteiger partial charge on any atom is -0.396 e. The molecule has 0 aliphatic carbocycles. The molecule has 104 valence electrons. The van der Waals surface area contributed by atoms with Gasteiger partial charge in [0.1, 0.15) is 0 Å². The van der Waals surface area contributed by atoms with Crippen LogP contribution in [0.25, 0.3) is 0 Å². The first kappa shape index (κ1) is 14.9. The van der Waals surface area contributed by atoms with E-state index in [2.05, 4.69) is 10.6 Å². The van der Waals surface area contributed by atoms with E-state index < -0.39 is 0 Å². The number of amides is 2. The number of aliphatic hydroxyl groups is 1. The average Bonchev–Trinajstić information content (AvgIpc) is 2.37. The molecule has 0 atom stereocenters. The fourth-order valence-electron chi connectivity index (χ4n) is 1.92. The van der Waals surface area contributed by atoms with Crippen LogP contribution in [0.2, 0.25) is 0 Å². The van der Waals surface area contributed by atoms with Crippen LogP contribution in [0.4, 0.5) is 0 Å². The first-order chi connectivity index (χ1) is 8.58. The summed E-state index contributed by atoms with van der Waals surface area (Å²) in [5.41, 5.74) is -0.248. The Morgan fingerprint density at radius 2 is 1.94 bits per heavy atom. The summed E-state index contributed by atoms with van der Waals surface area (Å²) in [5.74, 6) is -0.248. The van der Waals surface area contributed by atoms with Gasteiger partial charge in [0.05, 0.1) is 6.61 Å². The van der Waals surface area contributed by atoms with Crippen LogP contribution in [-0.2, 0) is 14.3 Å². The van der Waals surface area contributed by atoms with E-state index in [1.54, 1.807) is 0 Å². The summed E-state index contributed by atoms with van der Waals surface area (Å²) in [5, 5.41) is 14.8. The number of rotatable bonds is 6. The Bertz CT molecular complexity index is 288. The van der Waals surface area contributed by atoms with Crippen molar-refractivity contribution >= 4 is 11.8 Å². The lowest BCUT2D eigenvalue weighted by Crippen LogP contribution is -2.44. The van der Waals surface area contributed by atoms with Crippen LogP contribution in [0.3, 0.4) is 0 Å². The van der Waals surface area contributed by atoms with Gasteiger partial charge in [-0.2, -0.15) is 0 Å². The Balaban J connectivity index is 2.25. The second kappa shape index (κ2) is 7.33. The van der Waals surface area contributed by atoms with Crippen LogP contribution in [0.1, 0.15) is 26.2 Å². The molecule has 0 aromatic rings. The molecule has 1 saturated heterocycles. The Labute approximate surface area is 107 Å². The fraction of sp³-hybridized carbons (Fsp3) is 0.833. The van der Waals surface area contributed by atoms with Gasteiger partial charge in [0.2, 0.25) is 11.8 Å². The molecule has 6 nitrogen and oxygen atoms in total. The SMILES string of the molecule is CC(=O)NCCC(=O)NCC1(CO)CCOCC1. The van der Waals surface area contributed by atoms with Crippen molar-refractivity contribution in [3.63, 3.8) is 0 Å². The molecule has 1 aliphatic heterocycles. The highest BCUT2D eigenvalue weighted by atomic mass is 16.5. The molecule has 1 aliphatic rings. The highest BCUT2D eigenvalue weighted by molar-refractivity contribution is 5.77. The van der Waals surface area contributed by atoms with Gasteiger partial charge in [0.25, 0.3) is 0 Å². The van der Waals surface area contributed by atoms with Crippen molar-refractivity contribution in [3.8, 4) is 0 Å². The molecule has 1 rings (SSSR count). The van der Waals surface area contributed by atoms with Gasteiger partial charge in [0.15, 0.2) is 0 Å². The summed E-state index contributed by atoms with van der Waals surface area (Å²) in [6.45, 7) is 3.54. The van der Waals surface area contributed by atoms with E-state index in [-0.39, 0.29) is 30.3 Å². The normalized spacial score (nSPS) is 18.1. The molecule has 0 unspecified atom stereocenters. The Morgan fingerprint density at radius 1 is 1.28 bits per heavy atom. The van der Waals surface area contributed by atoms with Gasteiger partial charge in [-0.1, -0.05) is 0 Å². The molecular weight excluding hydrogens is 236 g/mol. The van der Waals surface area contributed by atoms with Crippen molar-refractivity contribution < 1.29 is 19.4 Å². The molecule has 0 radical (unpaired) electrons. The molecule has 1 fully saturated rings. The van der Waals surface area contributed by atoms with Crippen LogP contribution < -0.4 is 10.6 Å². The van der Waals surface area contributed by atoms with E-state index in [1.807, 2.05) is 0 Å². The second-order valence-corrected chi connectivity index (χ2v) is 4.78. The summed E-state index contributed by atoms with van der Waals surface area (Å²) in [4.78, 5) is 22.2. The van der Waals surface area contributed by atoms with Crippen LogP contribution in [-0.4, -0.2) is 49.8 Å². The fourth-order valence-corrected chi connectivity index (χ4v) is 1.92. The molecule has 18 heavy (non-hydrogen) atoms. The number of nitrogens with one attached hydrogen (secondary N) is 2. The maximum Gasteiger partial charge on any atom is 0.221 e. The predicted molar refractivity (Wildman–Crippen MR) is 65.9 cm³/mol. The zero-order valence-electron chi connectivity index (χ0n) is 10.8. The van der Waals surface area contributed by atoms with Crippen LogP contribution >= 0.6 is 0 Å². The van der Waals surface area contributed by atoms with Crippen molar-refractivity contribution in [1.82, 2.24) is 10.6 Å². The molecular formula is C12H22N2O4. The van der Waals surface area contributed by atoms with Gasteiger partial charge in [-0.3, -0.25) is 9.59 Å². The number of carbonyl (C=O) groups excluding carboxylic acids is 2. The van der Waals surface area contributed by atoms with Crippen molar-refractivity contribution in [1.29, 1.82) is 0 Å². The quantitative estimate of drug-likeness (QED) is 0.594. The second-order valence-electron chi connectivity index (χ2n) is 4.78. The van der Waals surface area contributed by atoms with Crippen LogP contribution in [0.15, 0.2) is 0 Å². The lowest BCUT2D eigenvalue weighted by atomic mass is 9.81. The Kier molecular flexibility index (Phi) is 6.07. The van der Waals surface area contributed by atoms with Crippen molar-refractivity contribution in [2.24, 2.45) is 5.41 Å². The minimum atomic E-state index is -0.248. The summed E-state index contributed by atoms with van der Waals surface area (Å²) >= 11 is 0. The summed E-state index contributed by atoms with van der Waals surface area (Å²) in [6.07, 6.45) is 1.78. The molecule has 0 saturated carbocycles. The van der Waals surface area contributed by atoms with E-state index in [0.717, 1.165) is 12.8 Å². The lowest BCUT2D eigenvalue weighted by molar-refractivity contribution is -0.122. The maximum absolute atomic E-state index is 11.6. The van der Waals surface area contributed by atoms with Gasteiger partial charge in [-0.25, -0.2) is 0 Å². The number of aliphatic hydroxyl groups excluding tert-OH is 1. The molecule has 0 aromatic carbocycles. The molecule has 2 amide bonds. The lowest BCUT2D eigenvalue weighted by Gasteiger charge is -2.35. The summed E-state index contributed by atoms with van der Waals surface area (Å²) in [7, 11) is 0. The van der Waals surface area contributed by atoms with E-state index >= 15 is 0 Å². The number of hydrogen-bond acceptors (Lipinski definition) is 4. The molecule has 0 aromatic heterocycles. The summed E-state index contributed by atoms with van der Waals surface area (Å²) in [6, 6.07) is 0. The molecule has 0 spiro atoms. The molecule has 0 bridgehead atoms. The van der Waals surface area contributed by atoms with E-state index in [9.17, 15) is 14.7 Å². The minimum absolute atomic E-state index is 0.0579. The third-order valence-electron chi connectivity index (χ3n) is 3.28. The first-order valence-electron chi connectivity index (χ1n) is 6.28. The molecule has 6 heteroatoms. The van der Waals surface area contributed by atoms with E-state index in [1.165, 1.54) is 6.92 Å². The number of hydrogen-bond donors (Lipinski definition) is 3. The number of carbonyl (C=O) groups is 2. The topological polar surface area (TPSA) is 87.7 Å². The Hall–Kier alpha value is -1.14. The largest absolute Gasteiger partial charge is 0.396 e. The van der Waals surface area contributed by atoms with E-state index in [4.69, 9.17) is 4.74 Å². The average molecular weight is 258 g/mol. The van der Waals surface area contributed by atoms with Gasteiger partial charge < -0.3 is 20.5 Å².